The lowest BCUT2D eigenvalue weighted by molar-refractivity contribution is 0.324. The summed E-state index contributed by atoms with van der Waals surface area (Å²) in [7, 11) is 1.88. The normalized spacial score (nSPS) is 13.4. The molecule has 2 rings (SSSR count). The lowest BCUT2D eigenvalue weighted by atomic mass is 9.84. The van der Waals surface area contributed by atoms with Gasteiger partial charge in [-0.05, 0) is 33.9 Å². The smallest absolute Gasteiger partial charge is 0.236 e. The van der Waals surface area contributed by atoms with E-state index < -0.39 is 5.41 Å². The first-order valence-electron chi connectivity index (χ1n) is 6.70. The standard InChI is InChI=1S/C15H20FN3O/c1-10(17-4)9-13-18-14(20-19-13)15(2,3)11-7-5-6-8-12(11)16/h5-8,10,17H,9H2,1-4H3. The molecule has 1 N–H and O–H groups in total. The molecule has 1 heterocycles. The van der Waals surface area contributed by atoms with Crippen molar-refractivity contribution in [3.63, 3.8) is 0 Å². The Morgan fingerprint density at radius 1 is 1.35 bits per heavy atom. The highest BCUT2D eigenvalue weighted by Gasteiger charge is 2.32. The first-order chi connectivity index (χ1) is 9.45. The van der Waals surface area contributed by atoms with Gasteiger partial charge in [-0.2, -0.15) is 4.98 Å². The highest BCUT2D eigenvalue weighted by atomic mass is 19.1. The Balaban J connectivity index is 2.28. The summed E-state index contributed by atoms with van der Waals surface area (Å²) in [6.45, 7) is 5.80. The molecule has 0 fully saturated rings. The Morgan fingerprint density at radius 3 is 2.70 bits per heavy atom. The van der Waals surface area contributed by atoms with E-state index in [-0.39, 0.29) is 11.9 Å². The molecule has 108 valence electrons. The second-order valence-corrected chi connectivity index (χ2v) is 5.51. The molecule has 4 nitrogen and oxygen atoms in total. The van der Waals surface area contributed by atoms with Crippen molar-refractivity contribution in [3.8, 4) is 0 Å². The third-order valence-corrected chi connectivity index (χ3v) is 3.53. The van der Waals surface area contributed by atoms with Gasteiger partial charge >= 0.3 is 0 Å². The SMILES string of the molecule is CNC(C)Cc1noc(C(C)(C)c2ccccc2F)n1. The molecule has 2 aromatic rings. The van der Waals surface area contributed by atoms with Crippen molar-refractivity contribution in [2.45, 2.75) is 38.6 Å². The summed E-state index contributed by atoms with van der Waals surface area (Å²) < 4.78 is 19.3. The van der Waals surface area contributed by atoms with E-state index in [2.05, 4.69) is 15.5 Å². The Hall–Kier alpha value is -1.75. The molecule has 1 atom stereocenters. The number of benzene rings is 1. The Bertz CT molecular complexity index is 580. The van der Waals surface area contributed by atoms with Crippen LogP contribution in [0.4, 0.5) is 4.39 Å². The summed E-state index contributed by atoms with van der Waals surface area (Å²) in [6, 6.07) is 6.92. The Kier molecular flexibility index (Phi) is 4.18. The quantitative estimate of drug-likeness (QED) is 0.913. The summed E-state index contributed by atoms with van der Waals surface area (Å²) in [5.74, 6) is 0.799. The Labute approximate surface area is 118 Å². The van der Waals surface area contributed by atoms with Crippen LogP contribution in [0.1, 0.15) is 38.0 Å². The summed E-state index contributed by atoms with van der Waals surface area (Å²) in [6.07, 6.45) is 0.674. The third-order valence-electron chi connectivity index (χ3n) is 3.53. The molecule has 1 aromatic carbocycles. The minimum Gasteiger partial charge on any atom is -0.338 e. The predicted octanol–water partition coefficient (Wildman–Crippen LogP) is 2.69. The second-order valence-electron chi connectivity index (χ2n) is 5.51. The molecule has 0 aliphatic heterocycles. The minimum atomic E-state index is -0.653. The highest BCUT2D eigenvalue weighted by Crippen LogP contribution is 2.31. The van der Waals surface area contributed by atoms with Crippen LogP contribution in [0.3, 0.4) is 0 Å². The van der Waals surface area contributed by atoms with Crippen molar-refractivity contribution < 1.29 is 8.91 Å². The van der Waals surface area contributed by atoms with E-state index in [1.54, 1.807) is 18.2 Å². The van der Waals surface area contributed by atoms with Gasteiger partial charge in [-0.3, -0.25) is 0 Å². The van der Waals surface area contributed by atoms with Crippen molar-refractivity contribution in [2.75, 3.05) is 7.05 Å². The molecular weight excluding hydrogens is 257 g/mol. The molecule has 0 aliphatic rings. The number of rotatable bonds is 5. The van der Waals surface area contributed by atoms with E-state index in [0.717, 1.165) is 0 Å². The van der Waals surface area contributed by atoms with Gasteiger partial charge in [-0.25, -0.2) is 4.39 Å². The Morgan fingerprint density at radius 2 is 2.05 bits per heavy atom. The van der Waals surface area contributed by atoms with Gasteiger partial charge in [-0.15, -0.1) is 0 Å². The molecule has 0 aliphatic carbocycles. The average Bonchev–Trinajstić information content (AvgIpc) is 2.88. The van der Waals surface area contributed by atoms with Crippen LogP contribution in [0.2, 0.25) is 0 Å². The fourth-order valence-corrected chi connectivity index (χ4v) is 2.05. The zero-order chi connectivity index (χ0) is 14.8. The van der Waals surface area contributed by atoms with Crippen LogP contribution in [0.5, 0.6) is 0 Å². The van der Waals surface area contributed by atoms with E-state index in [9.17, 15) is 4.39 Å². The minimum absolute atomic E-state index is 0.261. The van der Waals surface area contributed by atoms with Crippen molar-refractivity contribution in [1.82, 2.24) is 15.5 Å². The van der Waals surface area contributed by atoms with Crippen molar-refractivity contribution in [3.05, 3.63) is 47.4 Å². The maximum Gasteiger partial charge on any atom is 0.236 e. The number of nitrogens with one attached hydrogen (secondary N) is 1. The van der Waals surface area contributed by atoms with Gasteiger partial charge in [0.25, 0.3) is 0 Å². The highest BCUT2D eigenvalue weighted by molar-refractivity contribution is 5.31. The van der Waals surface area contributed by atoms with Crippen molar-refractivity contribution in [2.24, 2.45) is 0 Å². The van der Waals surface area contributed by atoms with E-state index >= 15 is 0 Å². The topological polar surface area (TPSA) is 51.0 Å². The van der Waals surface area contributed by atoms with E-state index in [0.29, 0.717) is 23.7 Å². The van der Waals surface area contributed by atoms with Gasteiger partial charge in [-0.1, -0.05) is 23.4 Å². The maximum absolute atomic E-state index is 13.9. The first-order valence-corrected chi connectivity index (χ1v) is 6.70. The molecule has 0 spiro atoms. The van der Waals surface area contributed by atoms with E-state index in [1.165, 1.54) is 6.07 Å². The number of halogens is 1. The second kappa shape index (κ2) is 5.71. The van der Waals surface area contributed by atoms with Crippen LogP contribution in [-0.2, 0) is 11.8 Å². The zero-order valence-corrected chi connectivity index (χ0v) is 12.3. The molecule has 0 bridgehead atoms. The van der Waals surface area contributed by atoms with Gasteiger partial charge < -0.3 is 9.84 Å². The fraction of sp³-hybridized carbons (Fsp3) is 0.467. The van der Waals surface area contributed by atoms with Gasteiger partial charge in [0.05, 0.1) is 5.41 Å². The molecular formula is C15H20FN3O. The molecule has 1 unspecified atom stereocenters. The van der Waals surface area contributed by atoms with Crippen LogP contribution in [0.25, 0.3) is 0 Å². The van der Waals surface area contributed by atoms with Crippen LogP contribution < -0.4 is 5.32 Å². The number of likely N-dealkylation sites (N-methyl/N-ethyl adjacent to an activating group) is 1. The van der Waals surface area contributed by atoms with Gasteiger partial charge in [0, 0.05) is 18.0 Å². The third kappa shape index (κ3) is 2.88. The van der Waals surface area contributed by atoms with Crippen molar-refractivity contribution in [1.29, 1.82) is 0 Å². The molecule has 5 heteroatoms. The fourth-order valence-electron chi connectivity index (χ4n) is 2.05. The summed E-state index contributed by atoms with van der Waals surface area (Å²) >= 11 is 0. The van der Waals surface area contributed by atoms with Gasteiger partial charge in [0.1, 0.15) is 5.82 Å². The van der Waals surface area contributed by atoms with Gasteiger partial charge in [0.2, 0.25) is 5.89 Å². The van der Waals surface area contributed by atoms with Crippen LogP contribution in [-0.4, -0.2) is 23.2 Å². The van der Waals surface area contributed by atoms with Crippen LogP contribution in [0.15, 0.2) is 28.8 Å². The summed E-state index contributed by atoms with van der Waals surface area (Å²) in [5.41, 5.74) is -0.101. The number of hydrogen-bond acceptors (Lipinski definition) is 4. The molecule has 20 heavy (non-hydrogen) atoms. The number of nitrogens with zero attached hydrogens (tertiary/aromatic N) is 2. The van der Waals surface area contributed by atoms with E-state index in [1.807, 2.05) is 27.8 Å². The lowest BCUT2D eigenvalue weighted by Gasteiger charge is -2.20. The largest absolute Gasteiger partial charge is 0.338 e. The molecule has 0 amide bonds. The van der Waals surface area contributed by atoms with Crippen LogP contribution >= 0.6 is 0 Å². The summed E-state index contributed by atoms with van der Waals surface area (Å²) in [5, 5.41) is 7.10. The molecule has 0 saturated carbocycles. The predicted molar refractivity (Wildman–Crippen MR) is 75.1 cm³/mol. The molecule has 0 saturated heterocycles. The first kappa shape index (κ1) is 14.7. The number of hydrogen-bond donors (Lipinski definition) is 1. The molecule has 0 radical (unpaired) electrons. The lowest BCUT2D eigenvalue weighted by Crippen LogP contribution is -2.24. The number of aromatic nitrogens is 2. The zero-order valence-electron chi connectivity index (χ0n) is 12.3. The maximum atomic E-state index is 13.9. The van der Waals surface area contributed by atoms with E-state index in [4.69, 9.17) is 4.52 Å². The molecule has 1 aromatic heterocycles. The summed E-state index contributed by atoms with van der Waals surface area (Å²) in [4.78, 5) is 4.40. The average molecular weight is 277 g/mol. The monoisotopic (exact) mass is 277 g/mol. The van der Waals surface area contributed by atoms with Crippen LogP contribution in [0, 0.1) is 5.82 Å². The van der Waals surface area contributed by atoms with Gasteiger partial charge in [0.15, 0.2) is 5.82 Å². The van der Waals surface area contributed by atoms with Crippen molar-refractivity contribution >= 4 is 0 Å².